The summed E-state index contributed by atoms with van der Waals surface area (Å²) in [6.45, 7) is 0.969. The number of nitrogens with zero attached hydrogens (tertiary/aromatic N) is 3. The summed E-state index contributed by atoms with van der Waals surface area (Å²) < 4.78 is 0. The number of halogens is 1. The van der Waals surface area contributed by atoms with E-state index in [0.29, 0.717) is 0 Å². The normalized spacial score (nSPS) is 19.3. The Kier molecular flexibility index (Phi) is 7.77. The molecule has 1 fully saturated rings. The van der Waals surface area contributed by atoms with Crippen LogP contribution in [0.15, 0.2) is 4.99 Å². The van der Waals surface area contributed by atoms with E-state index in [9.17, 15) is 0 Å². The van der Waals surface area contributed by atoms with E-state index in [1.165, 1.54) is 18.6 Å². The Balaban J connectivity index is 0.00000196. The molecular weight excluding hydrogens is 321 g/mol. The van der Waals surface area contributed by atoms with Crippen molar-refractivity contribution in [1.29, 1.82) is 0 Å². The molecule has 0 aliphatic carbocycles. The van der Waals surface area contributed by atoms with Crippen LogP contribution in [-0.2, 0) is 0 Å². The molecule has 0 amide bonds. The fourth-order valence-electron chi connectivity index (χ4n) is 1.65. The van der Waals surface area contributed by atoms with Crippen LogP contribution in [0.25, 0.3) is 0 Å². The predicted octanol–water partition coefficient (Wildman–Crippen LogP) is 1.98. The smallest absolute Gasteiger partial charge is 0.195 e. The molecule has 1 aliphatic heterocycles. The van der Waals surface area contributed by atoms with Crippen LogP contribution in [-0.4, -0.2) is 61.5 Å². The maximum absolute atomic E-state index is 4.65. The van der Waals surface area contributed by atoms with E-state index in [1.54, 1.807) is 0 Å². The summed E-state index contributed by atoms with van der Waals surface area (Å²) in [4.78, 5) is 8.79. The van der Waals surface area contributed by atoms with Gasteiger partial charge in [-0.05, 0) is 18.6 Å². The molecule has 1 atom stereocenters. The van der Waals surface area contributed by atoms with E-state index in [2.05, 4.69) is 26.6 Å². The van der Waals surface area contributed by atoms with E-state index in [1.807, 2.05) is 28.2 Å². The molecule has 0 aromatic rings. The minimum absolute atomic E-state index is 0. The zero-order valence-corrected chi connectivity index (χ0v) is 13.2. The Morgan fingerprint density at radius 1 is 1.27 bits per heavy atom. The summed E-state index contributed by atoms with van der Waals surface area (Å²) >= 11 is 2.06. The Morgan fingerprint density at radius 2 is 1.87 bits per heavy atom. The quantitative estimate of drug-likeness (QED) is 0.434. The highest BCUT2D eigenvalue weighted by Gasteiger charge is 2.15. The molecule has 0 spiro atoms. The fraction of sp³-hybridized carbons (Fsp3) is 0.900. The minimum atomic E-state index is 0. The van der Waals surface area contributed by atoms with Crippen LogP contribution in [0.1, 0.15) is 12.8 Å². The SMILES string of the molecule is CN(C)C(=NCC1CCCS1)N(C)C.I. The summed E-state index contributed by atoms with van der Waals surface area (Å²) in [5, 5.41) is 0.755. The molecule has 1 unspecified atom stereocenters. The largest absolute Gasteiger partial charge is 0.349 e. The van der Waals surface area contributed by atoms with Gasteiger partial charge in [0.1, 0.15) is 0 Å². The number of aliphatic imine (C=N–C) groups is 1. The Labute approximate surface area is 115 Å². The van der Waals surface area contributed by atoms with Crippen molar-refractivity contribution in [3.05, 3.63) is 0 Å². The molecule has 0 N–H and O–H groups in total. The van der Waals surface area contributed by atoms with Crippen molar-refractivity contribution in [2.24, 2.45) is 4.99 Å². The average Bonchev–Trinajstić information content (AvgIpc) is 2.55. The number of thioether (sulfide) groups is 1. The lowest BCUT2D eigenvalue weighted by atomic mass is 10.2. The Bertz CT molecular complexity index is 191. The van der Waals surface area contributed by atoms with Crippen LogP contribution in [0, 0.1) is 0 Å². The van der Waals surface area contributed by atoms with Gasteiger partial charge in [-0.15, -0.1) is 24.0 Å². The monoisotopic (exact) mass is 343 g/mol. The van der Waals surface area contributed by atoms with Crippen LogP contribution >= 0.6 is 35.7 Å². The van der Waals surface area contributed by atoms with Gasteiger partial charge in [-0.2, -0.15) is 11.8 Å². The van der Waals surface area contributed by atoms with Crippen molar-refractivity contribution in [2.75, 3.05) is 40.5 Å². The number of rotatable bonds is 2. The molecule has 0 radical (unpaired) electrons. The molecule has 0 bridgehead atoms. The molecular formula is C10H22IN3S. The van der Waals surface area contributed by atoms with Crippen LogP contribution in [0.4, 0.5) is 0 Å². The number of hydrogen-bond donors (Lipinski definition) is 0. The highest BCUT2D eigenvalue weighted by Crippen LogP contribution is 2.26. The van der Waals surface area contributed by atoms with E-state index in [4.69, 9.17) is 0 Å². The molecule has 1 aliphatic rings. The third-order valence-electron chi connectivity index (χ3n) is 2.26. The van der Waals surface area contributed by atoms with Crippen molar-refractivity contribution in [1.82, 2.24) is 9.80 Å². The fourth-order valence-corrected chi connectivity index (χ4v) is 2.83. The molecule has 0 aromatic carbocycles. The highest BCUT2D eigenvalue weighted by atomic mass is 127. The summed E-state index contributed by atoms with van der Waals surface area (Å²) in [7, 11) is 8.17. The van der Waals surface area contributed by atoms with Gasteiger partial charge in [0.2, 0.25) is 0 Å². The van der Waals surface area contributed by atoms with Gasteiger partial charge < -0.3 is 9.80 Å². The molecule has 1 rings (SSSR count). The third kappa shape index (κ3) is 5.29. The van der Waals surface area contributed by atoms with Gasteiger partial charge in [-0.25, -0.2) is 0 Å². The zero-order chi connectivity index (χ0) is 10.6. The molecule has 3 nitrogen and oxygen atoms in total. The van der Waals surface area contributed by atoms with E-state index in [-0.39, 0.29) is 24.0 Å². The summed E-state index contributed by atoms with van der Waals surface area (Å²) in [5.74, 6) is 2.39. The molecule has 1 heterocycles. The predicted molar refractivity (Wildman–Crippen MR) is 80.6 cm³/mol. The molecule has 5 heteroatoms. The number of guanidine groups is 1. The van der Waals surface area contributed by atoms with E-state index >= 15 is 0 Å². The molecule has 1 saturated heterocycles. The van der Waals surface area contributed by atoms with Crippen molar-refractivity contribution in [3.8, 4) is 0 Å². The van der Waals surface area contributed by atoms with Crippen molar-refractivity contribution >= 4 is 41.7 Å². The van der Waals surface area contributed by atoms with Gasteiger partial charge in [-0.1, -0.05) is 0 Å². The van der Waals surface area contributed by atoms with Crippen LogP contribution in [0.2, 0.25) is 0 Å². The lowest BCUT2D eigenvalue weighted by Crippen LogP contribution is -2.36. The van der Waals surface area contributed by atoms with Gasteiger partial charge in [0, 0.05) is 33.4 Å². The van der Waals surface area contributed by atoms with Gasteiger partial charge in [0.15, 0.2) is 5.96 Å². The summed E-state index contributed by atoms with van der Waals surface area (Å²) in [6.07, 6.45) is 2.70. The van der Waals surface area contributed by atoms with Crippen molar-refractivity contribution < 1.29 is 0 Å². The van der Waals surface area contributed by atoms with E-state index in [0.717, 1.165) is 17.8 Å². The first-order valence-electron chi connectivity index (χ1n) is 5.12. The highest BCUT2D eigenvalue weighted by molar-refractivity contribution is 14.0. The van der Waals surface area contributed by atoms with Gasteiger partial charge in [0.05, 0.1) is 6.54 Å². The maximum Gasteiger partial charge on any atom is 0.195 e. The topological polar surface area (TPSA) is 18.8 Å². The van der Waals surface area contributed by atoms with Gasteiger partial charge >= 0.3 is 0 Å². The molecule has 15 heavy (non-hydrogen) atoms. The molecule has 0 saturated carbocycles. The van der Waals surface area contributed by atoms with Crippen LogP contribution in [0.3, 0.4) is 0 Å². The Hall–Kier alpha value is 0.350. The van der Waals surface area contributed by atoms with E-state index < -0.39 is 0 Å². The van der Waals surface area contributed by atoms with Crippen molar-refractivity contribution in [2.45, 2.75) is 18.1 Å². The number of hydrogen-bond acceptors (Lipinski definition) is 2. The second kappa shape index (κ2) is 7.60. The second-order valence-corrected chi connectivity index (χ2v) is 5.47. The summed E-state index contributed by atoms with van der Waals surface area (Å²) in [6, 6.07) is 0. The Morgan fingerprint density at radius 3 is 2.27 bits per heavy atom. The lowest BCUT2D eigenvalue weighted by molar-refractivity contribution is 0.479. The maximum atomic E-state index is 4.65. The zero-order valence-electron chi connectivity index (χ0n) is 10.1. The third-order valence-corrected chi connectivity index (χ3v) is 3.64. The average molecular weight is 343 g/mol. The second-order valence-electron chi connectivity index (χ2n) is 4.06. The molecule has 0 aromatic heterocycles. The lowest BCUT2D eigenvalue weighted by Gasteiger charge is -2.23. The van der Waals surface area contributed by atoms with Gasteiger partial charge in [0.25, 0.3) is 0 Å². The van der Waals surface area contributed by atoms with Crippen LogP contribution < -0.4 is 0 Å². The standard InChI is InChI=1S/C10H21N3S.HI/c1-12(2)10(13(3)4)11-8-9-6-5-7-14-9;/h9H,5-8H2,1-4H3;1H. The van der Waals surface area contributed by atoms with Crippen molar-refractivity contribution in [3.63, 3.8) is 0 Å². The van der Waals surface area contributed by atoms with Gasteiger partial charge in [-0.3, -0.25) is 4.99 Å². The molecule has 90 valence electrons. The first kappa shape index (κ1) is 15.3. The summed E-state index contributed by atoms with van der Waals surface area (Å²) in [5.41, 5.74) is 0. The first-order chi connectivity index (χ1) is 6.61. The van der Waals surface area contributed by atoms with Crippen LogP contribution in [0.5, 0.6) is 0 Å². The minimum Gasteiger partial charge on any atom is -0.349 e. The first-order valence-corrected chi connectivity index (χ1v) is 6.17.